The van der Waals surface area contributed by atoms with Gasteiger partial charge in [0.1, 0.15) is 4.90 Å². The molecular formula is C17H16N2O5S2. The van der Waals surface area contributed by atoms with E-state index in [0.29, 0.717) is 26.8 Å². The molecule has 26 heavy (non-hydrogen) atoms. The van der Waals surface area contributed by atoms with Crippen LogP contribution in [0, 0.1) is 13.8 Å². The maximum Gasteiger partial charge on any atom is 0.337 e. The predicted molar refractivity (Wildman–Crippen MR) is 97.9 cm³/mol. The molecular weight excluding hydrogens is 376 g/mol. The number of rotatable bonds is 5. The molecule has 3 rings (SSSR count). The number of nitrogens with one attached hydrogen (secondary N) is 1. The van der Waals surface area contributed by atoms with Gasteiger partial charge in [-0.2, -0.15) is 0 Å². The SMILES string of the molecule is COC(=O)c1ccc(NS(=O)(=O)c2cc(-c3cc(C)no3)sc2C)cc1. The molecule has 0 fully saturated rings. The highest BCUT2D eigenvalue weighted by Gasteiger charge is 2.22. The molecule has 0 spiro atoms. The lowest BCUT2D eigenvalue weighted by atomic mass is 10.2. The molecule has 0 bridgehead atoms. The van der Waals surface area contributed by atoms with Gasteiger partial charge in [0.15, 0.2) is 5.76 Å². The van der Waals surface area contributed by atoms with E-state index in [1.54, 1.807) is 26.0 Å². The van der Waals surface area contributed by atoms with Crippen molar-refractivity contribution >= 4 is 33.0 Å². The third kappa shape index (κ3) is 3.63. The lowest BCUT2D eigenvalue weighted by molar-refractivity contribution is 0.0601. The largest absolute Gasteiger partial charge is 0.465 e. The second-order valence-corrected chi connectivity index (χ2v) is 8.45. The lowest BCUT2D eigenvalue weighted by Crippen LogP contribution is -2.13. The summed E-state index contributed by atoms with van der Waals surface area (Å²) < 4.78 is 37.7. The van der Waals surface area contributed by atoms with Crippen LogP contribution in [0.15, 0.2) is 45.8 Å². The van der Waals surface area contributed by atoms with Gasteiger partial charge in [-0.15, -0.1) is 11.3 Å². The van der Waals surface area contributed by atoms with Crippen LogP contribution < -0.4 is 4.72 Å². The summed E-state index contributed by atoms with van der Waals surface area (Å²) in [6.45, 7) is 3.52. The number of hydrogen-bond acceptors (Lipinski definition) is 7. The van der Waals surface area contributed by atoms with E-state index >= 15 is 0 Å². The number of aryl methyl sites for hydroxylation is 2. The normalized spacial score (nSPS) is 11.3. The van der Waals surface area contributed by atoms with Crippen molar-refractivity contribution in [3.63, 3.8) is 0 Å². The van der Waals surface area contributed by atoms with Crippen LogP contribution in [0.2, 0.25) is 0 Å². The Bertz CT molecular complexity index is 1050. The first-order valence-electron chi connectivity index (χ1n) is 7.55. The zero-order chi connectivity index (χ0) is 18.9. The molecule has 0 aliphatic heterocycles. The number of esters is 1. The highest BCUT2D eigenvalue weighted by Crippen LogP contribution is 2.34. The zero-order valence-corrected chi connectivity index (χ0v) is 15.9. The fourth-order valence-corrected chi connectivity index (χ4v) is 4.94. The van der Waals surface area contributed by atoms with Gasteiger partial charge >= 0.3 is 5.97 Å². The number of nitrogens with zero attached hydrogens (tertiary/aromatic N) is 1. The Hall–Kier alpha value is -2.65. The molecule has 3 aromatic rings. The van der Waals surface area contributed by atoms with Crippen molar-refractivity contribution in [1.29, 1.82) is 0 Å². The van der Waals surface area contributed by atoms with Crippen LogP contribution in [-0.4, -0.2) is 26.7 Å². The summed E-state index contributed by atoms with van der Waals surface area (Å²) in [5.41, 5.74) is 1.41. The highest BCUT2D eigenvalue weighted by atomic mass is 32.2. The number of carbonyl (C=O) groups excluding carboxylic acids is 1. The second-order valence-electron chi connectivity index (χ2n) is 5.54. The Morgan fingerprint density at radius 2 is 1.88 bits per heavy atom. The van der Waals surface area contributed by atoms with Crippen LogP contribution in [-0.2, 0) is 14.8 Å². The minimum Gasteiger partial charge on any atom is -0.465 e. The van der Waals surface area contributed by atoms with Crippen molar-refractivity contribution in [3.05, 3.63) is 52.5 Å². The van der Waals surface area contributed by atoms with Crippen molar-refractivity contribution in [2.75, 3.05) is 11.8 Å². The maximum absolute atomic E-state index is 12.7. The van der Waals surface area contributed by atoms with Gasteiger partial charge in [0, 0.05) is 16.6 Å². The summed E-state index contributed by atoms with van der Waals surface area (Å²) >= 11 is 1.31. The van der Waals surface area contributed by atoms with Crippen LogP contribution in [0.3, 0.4) is 0 Å². The van der Waals surface area contributed by atoms with E-state index in [1.165, 1.54) is 42.7 Å². The number of anilines is 1. The molecule has 0 amide bonds. The summed E-state index contributed by atoms with van der Waals surface area (Å²) in [6.07, 6.45) is 0. The molecule has 0 saturated heterocycles. The van der Waals surface area contributed by atoms with E-state index in [-0.39, 0.29) is 4.90 Å². The summed E-state index contributed by atoms with van der Waals surface area (Å²) in [6, 6.07) is 9.31. The molecule has 0 unspecified atom stereocenters. The van der Waals surface area contributed by atoms with E-state index in [0.717, 1.165) is 5.69 Å². The van der Waals surface area contributed by atoms with Crippen molar-refractivity contribution < 1.29 is 22.5 Å². The maximum atomic E-state index is 12.7. The van der Waals surface area contributed by atoms with Crippen molar-refractivity contribution in [2.45, 2.75) is 18.7 Å². The number of carbonyl (C=O) groups is 1. The van der Waals surface area contributed by atoms with Gasteiger partial charge in [-0.3, -0.25) is 4.72 Å². The molecule has 0 atom stereocenters. The number of benzene rings is 1. The first kappa shape index (κ1) is 18.2. The van der Waals surface area contributed by atoms with E-state index < -0.39 is 16.0 Å². The highest BCUT2D eigenvalue weighted by molar-refractivity contribution is 7.93. The van der Waals surface area contributed by atoms with Crippen LogP contribution in [0.4, 0.5) is 5.69 Å². The molecule has 1 aromatic carbocycles. The van der Waals surface area contributed by atoms with Crippen LogP contribution in [0.25, 0.3) is 10.6 Å². The molecule has 0 saturated carbocycles. The van der Waals surface area contributed by atoms with Gasteiger partial charge in [0.05, 0.1) is 23.2 Å². The predicted octanol–water partition coefficient (Wildman–Crippen LogP) is 3.61. The standard InChI is InChI=1S/C17H16N2O5S2/c1-10-8-14(24-18-10)15-9-16(11(2)25-15)26(21,22)19-13-6-4-12(5-7-13)17(20)23-3/h4-9,19H,1-3H3. The Labute approximate surface area is 154 Å². The molecule has 1 N–H and O–H groups in total. The van der Waals surface area contributed by atoms with Crippen molar-refractivity contribution in [1.82, 2.24) is 5.16 Å². The van der Waals surface area contributed by atoms with Crippen LogP contribution >= 0.6 is 11.3 Å². The minimum absolute atomic E-state index is 0.170. The summed E-state index contributed by atoms with van der Waals surface area (Å²) in [4.78, 5) is 12.9. The monoisotopic (exact) mass is 392 g/mol. The van der Waals surface area contributed by atoms with E-state index in [1.807, 2.05) is 0 Å². The topological polar surface area (TPSA) is 98.5 Å². The summed E-state index contributed by atoms with van der Waals surface area (Å²) in [5.74, 6) is 0.0413. The molecule has 0 aliphatic rings. The third-order valence-corrected chi connectivity index (χ3v) is 6.29. The van der Waals surface area contributed by atoms with Gasteiger partial charge < -0.3 is 9.26 Å². The molecule has 2 heterocycles. The molecule has 0 aliphatic carbocycles. The van der Waals surface area contributed by atoms with Gasteiger partial charge in [-0.05, 0) is 44.2 Å². The molecule has 7 nitrogen and oxygen atoms in total. The Kier molecular flexibility index (Phi) is 4.84. The average molecular weight is 392 g/mol. The number of ether oxygens (including phenoxy) is 1. The lowest BCUT2D eigenvalue weighted by Gasteiger charge is -2.08. The Balaban J connectivity index is 1.86. The summed E-state index contributed by atoms with van der Waals surface area (Å²) in [7, 11) is -2.50. The van der Waals surface area contributed by atoms with Gasteiger partial charge in [0.2, 0.25) is 0 Å². The number of hydrogen-bond donors (Lipinski definition) is 1. The molecule has 136 valence electrons. The van der Waals surface area contributed by atoms with Gasteiger partial charge in [0.25, 0.3) is 10.0 Å². The van der Waals surface area contributed by atoms with Gasteiger partial charge in [-0.1, -0.05) is 5.16 Å². The second kappa shape index (κ2) is 6.93. The van der Waals surface area contributed by atoms with E-state index in [2.05, 4.69) is 14.6 Å². The molecule has 2 aromatic heterocycles. The Morgan fingerprint density at radius 3 is 2.46 bits per heavy atom. The molecule has 0 radical (unpaired) electrons. The van der Waals surface area contributed by atoms with Crippen molar-refractivity contribution in [3.8, 4) is 10.6 Å². The van der Waals surface area contributed by atoms with Crippen LogP contribution in [0.5, 0.6) is 0 Å². The van der Waals surface area contributed by atoms with Crippen molar-refractivity contribution in [2.24, 2.45) is 0 Å². The number of thiophene rings is 1. The number of sulfonamides is 1. The fourth-order valence-electron chi connectivity index (χ4n) is 2.34. The van der Waals surface area contributed by atoms with Gasteiger partial charge in [-0.25, -0.2) is 13.2 Å². The quantitative estimate of drug-likeness (QED) is 0.666. The smallest absolute Gasteiger partial charge is 0.337 e. The van der Waals surface area contributed by atoms with Crippen LogP contribution in [0.1, 0.15) is 20.9 Å². The number of aromatic nitrogens is 1. The van der Waals surface area contributed by atoms with E-state index in [4.69, 9.17) is 4.52 Å². The number of methoxy groups -OCH3 is 1. The Morgan fingerprint density at radius 1 is 1.19 bits per heavy atom. The zero-order valence-electron chi connectivity index (χ0n) is 14.3. The average Bonchev–Trinajstić information content (AvgIpc) is 3.20. The first-order valence-corrected chi connectivity index (χ1v) is 9.85. The fraction of sp³-hybridized carbons (Fsp3) is 0.176. The first-order chi connectivity index (χ1) is 12.3. The third-order valence-electron chi connectivity index (χ3n) is 3.59. The van der Waals surface area contributed by atoms with E-state index in [9.17, 15) is 13.2 Å². The minimum atomic E-state index is -3.78. The summed E-state index contributed by atoms with van der Waals surface area (Å²) in [5, 5.41) is 3.82. The molecule has 9 heteroatoms.